The summed E-state index contributed by atoms with van der Waals surface area (Å²) in [5.41, 5.74) is 3.42. The topological polar surface area (TPSA) is 66.5 Å². The second kappa shape index (κ2) is 7.72. The summed E-state index contributed by atoms with van der Waals surface area (Å²) in [4.78, 5) is 12.5. The maximum absolute atomic E-state index is 12.5. The van der Waals surface area contributed by atoms with Gasteiger partial charge in [0.2, 0.25) is 10.0 Å². The number of fused-ring (bicyclic) bond motifs is 1. The molecule has 1 aliphatic rings. The second-order valence-electron chi connectivity index (χ2n) is 7.31. The molecule has 0 bridgehead atoms. The van der Waals surface area contributed by atoms with Gasteiger partial charge in [0.1, 0.15) is 0 Å². The monoisotopic (exact) mass is 386 g/mol. The average Bonchev–Trinajstić information content (AvgIpc) is 2.97. The number of carbonyl (C=O) groups excluding carboxylic acids is 1. The fraction of sp³-hybridized carbons (Fsp3) is 0.381. The van der Waals surface area contributed by atoms with Gasteiger partial charge < -0.3 is 5.32 Å². The molecular weight excluding hydrogens is 360 g/mol. The van der Waals surface area contributed by atoms with Gasteiger partial charge in [0, 0.05) is 18.2 Å². The Balaban J connectivity index is 1.63. The molecule has 0 fully saturated rings. The first-order valence-electron chi connectivity index (χ1n) is 9.23. The smallest absolute Gasteiger partial charge is 0.251 e. The molecule has 1 aliphatic heterocycles. The fourth-order valence-corrected chi connectivity index (χ4v) is 4.97. The molecule has 6 heteroatoms. The first kappa shape index (κ1) is 19.4. The summed E-state index contributed by atoms with van der Waals surface area (Å²) < 4.78 is 25.4. The highest BCUT2D eigenvalue weighted by atomic mass is 32.2. The Kier molecular flexibility index (Phi) is 5.56. The number of hydrogen-bond donors (Lipinski definition) is 1. The number of anilines is 1. The van der Waals surface area contributed by atoms with Crippen molar-refractivity contribution in [3.63, 3.8) is 0 Å². The summed E-state index contributed by atoms with van der Waals surface area (Å²) in [6.07, 6.45) is 2.70. The summed E-state index contributed by atoms with van der Waals surface area (Å²) >= 11 is 0. The number of rotatable bonds is 6. The van der Waals surface area contributed by atoms with Crippen molar-refractivity contribution in [3.8, 4) is 0 Å². The highest BCUT2D eigenvalue weighted by Crippen LogP contribution is 2.34. The van der Waals surface area contributed by atoms with Crippen LogP contribution in [0.3, 0.4) is 0 Å². The molecule has 1 heterocycles. The van der Waals surface area contributed by atoms with E-state index < -0.39 is 10.0 Å². The third kappa shape index (κ3) is 4.33. The molecule has 27 heavy (non-hydrogen) atoms. The summed E-state index contributed by atoms with van der Waals surface area (Å²) in [6.45, 7) is 4.63. The van der Waals surface area contributed by atoms with Crippen LogP contribution in [0.4, 0.5) is 5.69 Å². The number of sulfonamides is 1. The van der Waals surface area contributed by atoms with E-state index in [1.54, 1.807) is 12.1 Å². The van der Waals surface area contributed by atoms with Gasteiger partial charge in [0.15, 0.2) is 0 Å². The highest BCUT2D eigenvalue weighted by molar-refractivity contribution is 7.92. The maximum atomic E-state index is 12.5. The van der Waals surface area contributed by atoms with Gasteiger partial charge in [-0.05, 0) is 55.0 Å². The minimum atomic E-state index is -3.32. The molecule has 0 radical (unpaired) electrons. The summed E-state index contributed by atoms with van der Waals surface area (Å²) in [7, 11) is -3.32. The van der Waals surface area contributed by atoms with Gasteiger partial charge in [-0.25, -0.2) is 8.42 Å². The number of hydrogen-bond acceptors (Lipinski definition) is 3. The van der Waals surface area contributed by atoms with E-state index in [9.17, 15) is 13.2 Å². The second-order valence-corrected chi connectivity index (χ2v) is 9.17. The molecule has 0 aliphatic carbocycles. The molecule has 3 rings (SSSR count). The first-order valence-corrected chi connectivity index (χ1v) is 11.1. The standard InChI is InChI=1S/C21H26N2O3S/c1-15(17-7-5-4-6-8-17)11-12-22-21(24)18-9-10-20-19(14-18)13-16(2)23(20)27(3,25)26/h4-10,14-16H,11-13H2,1-3H3,(H,22,24). The highest BCUT2D eigenvalue weighted by Gasteiger charge is 2.32. The van der Waals surface area contributed by atoms with E-state index in [2.05, 4.69) is 24.4 Å². The maximum Gasteiger partial charge on any atom is 0.251 e. The fourth-order valence-electron chi connectivity index (χ4n) is 3.70. The van der Waals surface area contributed by atoms with Crippen LogP contribution >= 0.6 is 0 Å². The Bertz CT molecular complexity index is 926. The summed E-state index contributed by atoms with van der Waals surface area (Å²) in [5, 5.41) is 2.97. The zero-order chi connectivity index (χ0) is 19.6. The Labute approximate surface area is 161 Å². The predicted octanol–water partition coefficient (Wildman–Crippen LogP) is 3.32. The normalized spacial score (nSPS) is 17.4. The predicted molar refractivity (Wildman–Crippen MR) is 109 cm³/mol. The Morgan fingerprint density at radius 2 is 1.93 bits per heavy atom. The van der Waals surface area contributed by atoms with Crippen LogP contribution in [0.15, 0.2) is 48.5 Å². The quantitative estimate of drug-likeness (QED) is 0.828. The van der Waals surface area contributed by atoms with E-state index in [-0.39, 0.29) is 11.9 Å². The van der Waals surface area contributed by atoms with Crippen molar-refractivity contribution in [3.05, 3.63) is 65.2 Å². The van der Waals surface area contributed by atoms with E-state index in [0.717, 1.165) is 12.0 Å². The zero-order valence-electron chi connectivity index (χ0n) is 16.0. The van der Waals surface area contributed by atoms with Crippen LogP contribution in [0, 0.1) is 0 Å². The molecule has 2 atom stereocenters. The molecule has 0 spiro atoms. The lowest BCUT2D eigenvalue weighted by Gasteiger charge is -2.21. The molecule has 0 saturated carbocycles. The molecule has 5 nitrogen and oxygen atoms in total. The van der Waals surface area contributed by atoms with Crippen LogP contribution in [0.2, 0.25) is 0 Å². The summed E-state index contributed by atoms with van der Waals surface area (Å²) in [6, 6.07) is 15.4. The first-order chi connectivity index (χ1) is 12.8. The van der Waals surface area contributed by atoms with Crippen LogP contribution in [0.1, 0.15) is 47.7 Å². The minimum Gasteiger partial charge on any atom is -0.352 e. The Hall–Kier alpha value is -2.34. The molecule has 2 unspecified atom stereocenters. The number of nitrogens with one attached hydrogen (secondary N) is 1. The third-order valence-electron chi connectivity index (χ3n) is 5.08. The Morgan fingerprint density at radius 3 is 2.59 bits per heavy atom. The van der Waals surface area contributed by atoms with E-state index in [4.69, 9.17) is 0 Å². The number of nitrogens with zero attached hydrogens (tertiary/aromatic N) is 1. The lowest BCUT2D eigenvalue weighted by Crippen LogP contribution is -2.34. The van der Waals surface area contributed by atoms with Crippen molar-refractivity contribution in [1.29, 1.82) is 0 Å². The van der Waals surface area contributed by atoms with Crippen LogP contribution in [-0.2, 0) is 16.4 Å². The van der Waals surface area contributed by atoms with E-state index in [0.29, 0.717) is 30.1 Å². The van der Waals surface area contributed by atoms with Crippen molar-refractivity contribution in [2.45, 2.75) is 38.6 Å². The van der Waals surface area contributed by atoms with Gasteiger partial charge in [0.25, 0.3) is 5.91 Å². The van der Waals surface area contributed by atoms with Gasteiger partial charge in [-0.3, -0.25) is 9.10 Å². The third-order valence-corrected chi connectivity index (χ3v) is 6.35. The number of carbonyl (C=O) groups is 1. The molecule has 0 aromatic heterocycles. The Morgan fingerprint density at radius 1 is 1.22 bits per heavy atom. The van der Waals surface area contributed by atoms with Gasteiger partial charge in [-0.2, -0.15) is 0 Å². The van der Waals surface area contributed by atoms with Crippen molar-refractivity contribution < 1.29 is 13.2 Å². The van der Waals surface area contributed by atoms with Gasteiger partial charge in [0.05, 0.1) is 11.9 Å². The molecule has 144 valence electrons. The lowest BCUT2D eigenvalue weighted by molar-refractivity contribution is 0.0952. The van der Waals surface area contributed by atoms with Crippen LogP contribution in [0.5, 0.6) is 0 Å². The SMILES string of the molecule is CC(CCNC(=O)c1ccc2c(c1)CC(C)N2S(C)(=O)=O)c1ccccc1. The zero-order valence-corrected chi connectivity index (χ0v) is 16.8. The number of amides is 1. The molecule has 1 amide bonds. The van der Waals surface area contributed by atoms with Crippen molar-refractivity contribution in [1.82, 2.24) is 5.32 Å². The van der Waals surface area contributed by atoms with E-state index in [1.807, 2.05) is 31.2 Å². The van der Waals surface area contributed by atoms with Gasteiger partial charge >= 0.3 is 0 Å². The number of benzene rings is 2. The molecular formula is C21H26N2O3S. The van der Waals surface area contributed by atoms with Crippen molar-refractivity contribution in [2.75, 3.05) is 17.1 Å². The molecule has 2 aromatic rings. The van der Waals surface area contributed by atoms with Crippen molar-refractivity contribution in [2.24, 2.45) is 0 Å². The molecule has 2 aromatic carbocycles. The van der Waals surface area contributed by atoms with Crippen LogP contribution in [0.25, 0.3) is 0 Å². The average molecular weight is 387 g/mol. The van der Waals surface area contributed by atoms with E-state index >= 15 is 0 Å². The summed E-state index contributed by atoms with van der Waals surface area (Å²) in [5.74, 6) is 0.249. The van der Waals surface area contributed by atoms with E-state index in [1.165, 1.54) is 16.1 Å². The minimum absolute atomic E-state index is 0.122. The van der Waals surface area contributed by atoms with Gasteiger partial charge in [-0.15, -0.1) is 0 Å². The van der Waals surface area contributed by atoms with Crippen LogP contribution < -0.4 is 9.62 Å². The van der Waals surface area contributed by atoms with Gasteiger partial charge in [-0.1, -0.05) is 37.3 Å². The lowest BCUT2D eigenvalue weighted by atomic mass is 9.98. The van der Waals surface area contributed by atoms with Crippen LogP contribution in [-0.4, -0.2) is 33.2 Å². The molecule has 0 saturated heterocycles. The van der Waals surface area contributed by atoms with Crippen molar-refractivity contribution >= 4 is 21.6 Å². The molecule has 1 N–H and O–H groups in total. The largest absolute Gasteiger partial charge is 0.352 e.